The van der Waals surface area contributed by atoms with Gasteiger partial charge < -0.3 is 10.1 Å². The summed E-state index contributed by atoms with van der Waals surface area (Å²) < 4.78 is 18.9. The van der Waals surface area contributed by atoms with Crippen molar-refractivity contribution in [3.8, 4) is 0 Å². The topological polar surface area (TPSA) is 21.3 Å². The van der Waals surface area contributed by atoms with Crippen LogP contribution in [0.3, 0.4) is 0 Å². The van der Waals surface area contributed by atoms with E-state index in [1.54, 1.807) is 13.0 Å². The molecule has 1 saturated heterocycles. The molecule has 2 unspecified atom stereocenters. The fourth-order valence-corrected chi connectivity index (χ4v) is 2.40. The van der Waals surface area contributed by atoms with Crippen LogP contribution >= 0.6 is 0 Å². The Balaban J connectivity index is 2.08. The Morgan fingerprint density at radius 2 is 2.35 bits per heavy atom. The van der Waals surface area contributed by atoms with Gasteiger partial charge in [0.15, 0.2) is 0 Å². The molecule has 0 aliphatic carbocycles. The number of halogens is 1. The second-order valence-electron chi connectivity index (χ2n) is 4.72. The minimum Gasteiger partial charge on any atom is -0.378 e. The van der Waals surface area contributed by atoms with Crippen LogP contribution in [0.4, 0.5) is 4.39 Å². The first kappa shape index (κ1) is 12.5. The molecule has 0 bridgehead atoms. The van der Waals surface area contributed by atoms with Crippen molar-refractivity contribution in [1.29, 1.82) is 0 Å². The Labute approximate surface area is 102 Å². The molecule has 2 nitrogen and oxygen atoms in total. The average Bonchev–Trinajstić information content (AvgIpc) is 2.82. The van der Waals surface area contributed by atoms with Crippen molar-refractivity contribution in [2.75, 3.05) is 13.7 Å². The van der Waals surface area contributed by atoms with Crippen molar-refractivity contribution in [2.45, 2.75) is 38.3 Å². The highest BCUT2D eigenvalue weighted by Gasteiger charge is 2.21. The van der Waals surface area contributed by atoms with Crippen LogP contribution in [0.5, 0.6) is 0 Å². The Bertz CT molecular complexity index is 374. The van der Waals surface area contributed by atoms with Gasteiger partial charge in [-0.05, 0) is 50.4 Å². The molecule has 1 aliphatic rings. The van der Waals surface area contributed by atoms with Crippen molar-refractivity contribution in [3.63, 3.8) is 0 Å². The number of hydrogen-bond acceptors (Lipinski definition) is 2. The smallest absolute Gasteiger partial charge is 0.126 e. The van der Waals surface area contributed by atoms with Gasteiger partial charge in [0.2, 0.25) is 0 Å². The minimum atomic E-state index is -0.138. The van der Waals surface area contributed by atoms with E-state index in [2.05, 4.69) is 5.32 Å². The van der Waals surface area contributed by atoms with Gasteiger partial charge in [0.1, 0.15) is 5.82 Å². The summed E-state index contributed by atoms with van der Waals surface area (Å²) in [6, 6.07) is 5.58. The SMILES string of the molecule is CNC(CC1CCCO1)c1ccc(F)c(C)c1. The molecule has 0 spiro atoms. The maximum Gasteiger partial charge on any atom is 0.126 e. The van der Waals surface area contributed by atoms with E-state index in [1.165, 1.54) is 0 Å². The second-order valence-corrected chi connectivity index (χ2v) is 4.72. The lowest BCUT2D eigenvalue weighted by Crippen LogP contribution is -2.22. The Kier molecular flexibility index (Phi) is 4.13. The van der Waals surface area contributed by atoms with E-state index in [-0.39, 0.29) is 11.9 Å². The molecule has 94 valence electrons. The molecule has 3 heteroatoms. The molecule has 2 atom stereocenters. The van der Waals surface area contributed by atoms with E-state index in [1.807, 2.05) is 19.2 Å². The van der Waals surface area contributed by atoms with E-state index in [4.69, 9.17) is 4.74 Å². The molecule has 1 heterocycles. The second kappa shape index (κ2) is 5.61. The van der Waals surface area contributed by atoms with Crippen molar-refractivity contribution >= 4 is 0 Å². The van der Waals surface area contributed by atoms with E-state index in [0.29, 0.717) is 11.7 Å². The summed E-state index contributed by atoms with van der Waals surface area (Å²) in [6.07, 6.45) is 3.60. The summed E-state index contributed by atoms with van der Waals surface area (Å²) in [5, 5.41) is 3.29. The quantitative estimate of drug-likeness (QED) is 0.869. The number of rotatable bonds is 4. The fraction of sp³-hybridized carbons (Fsp3) is 0.571. The van der Waals surface area contributed by atoms with Crippen LogP contribution in [-0.4, -0.2) is 19.8 Å². The zero-order valence-electron chi connectivity index (χ0n) is 10.5. The van der Waals surface area contributed by atoms with Gasteiger partial charge in [0.05, 0.1) is 6.10 Å². The number of aryl methyl sites for hydroxylation is 1. The standard InChI is InChI=1S/C14H20FNO/c1-10-8-11(5-6-13(10)15)14(16-2)9-12-4-3-7-17-12/h5-6,8,12,14,16H,3-4,7,9H2,1-2H3. The van der Waals surface area contributed by atoms with Crippen LogP contribution in [0.25, 0.3) is 0 Å². The third-order valence-electron chi connectivity index (χ3n) is 3.46. The van der Waals surface area contributed by atoms with E-state index >= 15 is 0 Å². The first-order valence-corrected chi connectivity index (χ1v) is 6.25. The van der Waals surface area contributed by atoms with E-state index < -0.39 is 0 Å². The zero-order valence-corrected chi connectivity index (χ0v) is 10.5. The van der Waals surface area contributed by atoms with Gasteiger partial charge >= 0.3 is 0 Å². The predicted octanol–water partition coefficient (Wildman–Crippen LogP) is 2.96. The molecular formula is C14H20FNO. The van der Waals surface area contributed by atoms with E-state index in [0.717, 1.165) is 31.4 Å². The van der Waals surface area contributed by atoms with Gasteiger partial charge in [0.25, 0.3) is 0 Å². The third kappa shape index (κ3) is 3.05. The Hall–Kier alpha value is -0.930. The predicted molar refractivity (Wildman–Crippen MR) is 66.5 cm³/mol. The number of nitrogens with one attached hydrogen (secondary N) is 1. The van der Waals surface area contributed by atoms with Crippen LogP contribution < -0.4 is 5.32 Å². The number of hydrogen-bond donors (Lipinski definition) is 1. The molecule has 0 radical (unpaired) electrons. The van der Waals surface area contributed by atoms with Crippen molar-refractivity contribution in [1.82, 2.24) is 5.32 Å². The summed E-state index contributed by atoms with van der Waals surface area (Å²) in [6.45, 7) is 2.68. The molecule has 0 amide bonds. The summed E-state index contributed by atoms with van der Waals surface area (Å²) in [4.78, 5) is 0. The van der Waals surface area contributed by atoms with Gasteiger partial charge in [0, 0.05) is 12.6 Å². The summed E-state index contributed by atoms with van der Waals surface area (Å²) >= 11 is 0. The van der Waals surface area contributed by atoms with Gasteiger partial charge in [-0.3, -0.25) is 0 Å². The zero-order chi connectivity index (χ0) is 12.3. The molecule has 0 aromatic heterocycles. The average molecular weight is 237 g/mol. The van der Waals surface area contributed by atoms with Crippen LogP contribution in [0.1, 0.15) is 36.4 Å². The molecule has 1 fully saturated rings. The molecule has 1 N–H and O–H groups in total. The molecule has 1 aliphatic heterocycles. The van der Waals surface area contributed by atoms with Crippen molar-refractivity contribution < 1.29 is 9.13 Å². The lowest BCUT2D eigenvalue weighted by atomic mass is 9.98. The highest BCUT2D eigenvalue weighted by Crippen LogP contribution is 2.25. The minimum absolute atomic E-state index is 0.138. The highest BCUT2D eigenvalue weighted by molar-refractivity contribution is 5.26. The van der Waals surface area contributed by atoms with Gasteiger partial charge in [-0.1, -0.05) is 12.1 Å². The van der Waals surface area contributed by atoms with Crippen LogP contribution in [-0.2, 0) is 4.74 Å². The molecule has 17 heavy (non-hydrogen) atoms. The van der Waals surface area contributed by atoms with Crippen LogP contribution in [0.2, 0.25) is 0 Å². The number of ether oxygens (including phenoxy) is 1. The fourth-order valence-electron chi connectivity index (χ4n) is 2.40. The molecule has 1 aromatic rings. The lowest BCUT2D eigenvalue weighted by Gasteiger charge is -2.20. The first-order chi connectivity index (χ1) is 8.20. The molecule has 1 aromatic carbocycles. The highest BCUT2D eigenvalue weighted by atomic mass is 19.1. The van der Waals surface area contributed by atoms with E-state index in [9.17, 15) is 4.39 Å². The lowest BCUT2D eigenvalue weighted by molar-refractivity contribution is 0.0954. The molecular weight excluding hydrogens is 217 g/mol. The third-order valence-corrected chi connectivity index (χ3v) is 3.46. The van der Waals surface area contributed by atoms with Crippen molar-refractivity contribution in [2.24, 2.45) is 0 Å². The summed E-state index contributed by atoms with van der Waals surface area (Å²) in [5.74, 6) is -0.138. The Morgan fingerprint density at radius 3 is 2.94 bits per heavy atom. The maximum atomic E-state index is 13.2. The Morgan fingerprint density at radius 1 is 1.53 bits per heavy atom. The van der Waals surface area contributed by atoms with Crippen LogP contribution in [0, 0.1) is 12.7 Å². The monoisotopic (exact) mass is 237 g/mol. The first-order valence-electron chi connectivity index (χ1n) is 6.25. The normalized spacial score (nSPS) is 21.7. The van der Waals surface area contributed by atoms with Gasteiger partial charge in [-0.2, -0.15) is 0 Å². The van der Waals surface area contributed by atoms with Gasteiger partial charge in [-0.15, -0.1) is 0 Å². The molecule has 2 rings (SSSR count). The van der Waals surface area contributed by atoms with Gasteiger partial charge in [-0.25, -0.2) is 4.39 Å². The summed E-state index contributed by atoms with van der Waals surface area (Å²) in [7, 11) is 1.94. The number of benzene rings is 1. The largest absolute Gasteiger partial charge is 0.378 e. The van der Waals surface area contributed by atoms with Crippen LogP contribution in [0.15, 0.2) is 18.2 Å². The summed E-state index contributed by atoms with van der Waals surface area (Å²) in [5.41, 5.74) is 1.84. The molecule has 0 saturated carbocycles. The van der Waals surface area contributed by atoms with Crippen molar-refractivity contribution in [3.05, 3.63) is 35.1 Å². The maximum absolute atomic E-state index is 13.2.